The Morgan fingerprint density at radius 1 is 1.17 bits per heavy atom. The van der Waals surface area contributed by atoms with Gasteiger partial charge in [0.15, 0.2) is 0 Å². The van der Waals surface area contributed by atoms with Crippen LogP contribution in [0.25, 0.3) is 5.69 Å². The lowest BCUT2D eigenvalue weighted by atomic mass is 9.79. The van der Waals surface area contributed by atoms with Crippen molar-refractivity contribution < 1.29 is 14.1 Å². The minimum Gasteiger partial charge on any atom is -0.372 e. The predicted octanol–water partition coefficient (Wildman–Crippen LogP) is 3.49. The Morgan fingerprint density at radius 3 is 2.80 bits per heavy atom. The minimum atomic E-state index is -0.244. The van der Waals surface area contributed by atoms with E-state index >= 15 is 0 Å². The molecule has 1 N–H and O–H groups in total. The molecule has 1 amide bonds. The molecule has 2 spiro atoms. The lowest BCUT2D eigenvalue weighted by molar-refractivity contribution is -0.0397. The van der Waals surface area contributed by atoms with Gasteiger partial charge in [-0.05, 0) is 44.0 Å². The van der Waals surface area contributed by atoms with Crippen molar-refractivity contribution in [1.29, 1.82) is 0 Å². The molecule has 1 aromatic carbocycles. The van der Waals surface area contributed by atoms with Gasteiger partial charge in [0.05, 0.1) is 35.0 Å². The van der Waals surface area contributed by atoms with Crippen molar-refractivity contribution in [2.45, 2.75) is 37.3 Å². The van der Waals surface area contributed by atoms with Crippen molar-refractivity contribution in [2.75, 3.05) is 25.0 Å². The van der Waals surface area contributed by atoms with E-state index in [1.165, 1.54) is 11.4 Å². The number of hydrogen-bond acceptors (Lipinski definition) is 5. The Kier molecular flexibility index (Phi) is 3.68. The molecule has 0 bridgehead atoms. The number of anilines is 1. The lowest BCUT2D eigenvalue weighted by Crippen LogP contribution is -2.48. The number of ether oxygens (including phenoxy) is 1. The largest absolute Gasteiger partial charge is 0.372 e. The average molecular weight is 404 g/mol. The molecular weight excluding hydrogens is 380 g/mol. The molecule has 2 aromatic heterocycles. The second-order valence-electron chi connectivity index (χ2n) is 8.76. The van der Waals surface area contributed by atoms with Crippen LogP contribution in [0.2, 0.25) is 0 Å². The first kappa shape index (κ1) is 17.8. The summed E-state index contributed by atoms with van der Waals surface area (Å²) < 4.78 is 13.9. The first-order valence-corrected chi connectivity index (χ1v) is 10.5. The van der Waals surface area contributed by atoms with Gasteiger partial charge in [-0.1, -0.05) is 17.3 Å². The fourth-order valence-electron chi connectivity index (χ4n) is 5.32. The van der Waals surface area contributed by atoms with Crippen molar-refractivity contribution in [2.24, 2.45) is 0 Å². The molecule has 0 radical (unpaired) electrons. The summed E-state index contributed by atoms with van der Waals surface area (Å²) in [5.41, 5.74) is 3.81. The van der Waals surface area contributed by atoms with E-state index in [1.54, 1.807) is 6.07 Å². The normalized spacial score (nSPS) is 24.0. The summed E-state index contributed by atoms with van der Waals surface area (Å²) in [5, 5.41) is 7.64. The van der Waals surface area contributed by atoms with Crippen LogP contribution in [0.3, 0.4) is 0 Å². The number of carbonyl (C=O) groups excluding carboxylic acids is 1. The van der Waals surface area contributed by atoms with Crippen molar-refractivity contribution in [3.8, 4) is 5.69 Å². The van der Waals surface area contributed by atoms with Gasteiger partial charge < -0.3 is 24.0 Å². The van der Waals surface area contributed by atoms with E-state index in [0.717, 1.165) is 30.6 Å². The molecule has 2 fully saturated rings. The highest BCUT2D eigenvalue weighted by Crippen LogP contribution is 2.50. The summed E-state index contributed by atoms with van der Waals surface area (Å²) in [7, 11) is 0. The van der Waals surface area contributed by atoms with Gasteiger partial charge in [-0.15, -0.1) is 0 Å². The molecule has 0 aliphatic carbocycles. The van der Waals surface area contributed by atoms with Gasteiger partial charge in [-0.3, -0.25) is 4.79 Å². The number of amides is 1. The molecule has 3 aliphatic heterocycles. The summed E-state index contributed by atoms with van der Waals surface area (Å²) in [6.07, 6.45) is 4.65. The Hall–Kier alpha value is -3.06. The summed E-state index contributed by atoms with van der Waals surface area (Å²) >= 11 is 0. The fourth-order valence-corrected chi connectivity index (χ4v) is 5.32. The summed E-state index contributed by atoms with van der Waals surface area (Å²) in [4.78, 5) is 14.6. The van der Waals surface area contributed by atoms with E-state index < -0.39 is 0 Å². The summed E-state index contributed by atoms with van der Waals surface area (Å²) in [6.45, 7) is 3.77. The predicted molar refractivity (Wildman–Crippen MR) is 111 cm³/mol. The van der Waals surface area contributed by atoms with E-state index in [0.29, 0.717) is 25.5 Å². The summed E-state index contributed by atoms with van der Waals surface area (Å²) in [6, 6.07) is 14.4. The summed E-state index contributed by atoms with van der Waals surface area (Å²) in [5.74, 6) is 0.229. The van der Waals surface area contributed by atoms with E-state index in [2.05, 4.69) is 57.6 Å². The Labute approximate surface area is 174 Å². The zero-order chi connectivity index (χ0) is 20.3. The third-order valence-corrected chi connectivity index (χ3v) is 6.83. The maximum atomic E-state index is 12.7. The number of rotatable bonds is 1. The number of para-hydroxylation sites is 2. The standard InChI is InChI=1S/C23H24N4O3/c1-16-13-19(30-25-16)21(28)26-11-8-22(9-12-26)14-23(15-29-22)20-7-4-10-27(20)18-6-3-2-5-17(18)24-23/h2-7,10,13,24H,8-9,11-12,14-15H2,1H3/t23-/m1/s1. The van der Waals surface area contributed by atoms with Crippen molar-refractivity contribution in [3.05, 3.63) is 65.8 Å². The van der Waals surface area contributed by atoms with Crippen LogP contribution in [-0.2, 0) is 10.3 Å². The monoisotopic (exact) mass is 404 g/mol. The van der Waals surface area contributed by atoms with Crippen LogP contribution in [0, 0.1) is 6.92 Å². The van der Waals surface area contributed by atoms with Crippen LogP contribution < -0.4 is 5.32 Å². The molecular formula is C23H24N4O3. The van der Waals surface area contributed by atoms with Crippen molar-refractivity contribution in [1.82, 2.24) is 14.6 Å². The number of aryl methyl sites for hydroxylation is 1. The fraction of sp³-hybridized carbons (Fsp3) is 0.391. The first-order valence-electron chi connectivity index (χ1n) is 10.5. The quantitative estimate of drug-likeness (QED) is 0.672. The number of nitrogens with one attached hydrogen (secondary N) is 1. The van der Waals surface area contributed by atoms with Crippen LogP contribution in [-0.4, -0.2) is 45.8 Å². The average Bonchev–Trinajstić information content (AvgIpc) is 3.49. The van der Waals surface area contributed by atoms with Crippen LogP contribution in [0.1, 0.15) is 41.2 Å². The molecule has 6 rings (SSSR count). The molecule has 7 heteroatoms. The smallest absolute Gasteiger partial charge is 0.292 e. The number of fused-ring (bicyclic) bond motifs is 4. The third kappa shape index (κ3) is 2.55. The highest BCUT2D eigenvalue weighted by Gasteiger charge is 2.54. The highest BCUT2D eigenvalue weighted by atomic mass is 16.5. The molecule has 2 saturated heterocycles. The number of nitrogens with zero attached hydrogens (tertiary/aromatic N) is 3. The van der Waals surface area contributed by atoms with Gasteiger partial charge in [0.25, 0.3) is 5.91 Å². The Morgan fingerprint density at radius 2 is 2.00 bits per heavy atom. The maximum absolute atomic E-state index is 12.7. The van der Waals surface area contributed by atoms with Gasteiger partial charge in [0.1, 0.15) is 5.54 Å². The number of benzene rings is 1. The molecule has 1 atom stereocenters. The Bertz CT molecular complexity index is 1120. The minimum absolute atomic E-state index is 0.0863. The molecule has 0 unspecified atom stereocenters. The number of hydrogen-bond donors (Lipinski definition) is 1. The SMILES string of the molecule is Cc1cc(C(=O)N2CCC3(CC2)C[C@]2(CO3)Nc3ccccc3-n3cccc32)on1. The van der Waals surface area contributed by atoms with E-state index in [1.807, 2.05) is 11.8 Å². The molecule has 3 aliphatic rings. The molecule has 154 valence electrons. The third-order valence-electron chi connectivity index (χ3n) is 6.83. The number of likely N-dealkylation sites (tertiary alicyclic amines) is 1. The van der Waals surface area contributed by atoms with Gasteiger partial charge in [0.2, 0.25) is 5.76 Å². The highest BCUT2D eigenvalue weighted by molar-refractivity contribution is 5.91. The van der Waals surface area contributed by atoms with Gasteiger partial charge >= 0.3 is 0 Å². The molecule has 30 heavy (non-hydrogen) atoms. The van der Waals surface area contributed by atoms with Crippen molar-refractivity contribution >= 4 is 11.6 Å². The van der Waals surface area contributed by atoms with Gasteiger partial charge in [-0.2, -0.15) is 0 Å². The zero-order valence-corrected chi connectivity index (χ0v) is 16.9. The van der Waals surface area contributed by atoms with E-state index in [9.17, 15) is 4.79 Å². The first-order chi connectivity index (χ1) is 14.6. The Balaban J connectivity index is 1.23. The van der Waals surface area contributed by atoms with Crippen LogP contribution in [0.4, 0.5) is 5.69 Å². The zero-order valence-electron chi connectivity index (χ0n) is 16.9. The number of aromatic nitrogens is 2. The molecule has 7 nitrogen and oxygen atoms in total. The number of piperidine rings is 1. The second kappa shape index (κ2) is 6.22. The van der Waals surface area contributed by atoms with Gasteiger partial charge in [-0.25, -0.2) is 0 Å². The van der Waals surface area contributed by atoms with Crippen LogP contribution in [0.15, 0.2) is 53.2 Å². The topological polar surface area (TPSA) is 72.5 Å². The van der Waals surface area contributed by atoms with E-state index in [-0.39, 0.29) is 17.0 Å². The molecule has 5 heterocycles. The van der Waals surface area contributed by atoms with Crippen LogP contribution >= 0.6 is 0 Å². The maximum Gasteiger partial charge on any atom is 0.292 e. The lowest BCUT2D eigenvalue weighted by Gasteiger charge is -2.41. The molecule has 3 aromatic rings. The second-order valence-corrected chi connectivity index (χ2v) is 8.76. The van der Waals surface area contributed by atoms with E-state index in [4.69, 9.17) is 9.26 Å². The van der Waals surface area contributed by atoms with Crippen LogP contribution in [0.5, 0.6) is 0 Å². The van der Waals surface area contributed by atoms with Crippen molar-refractivity contribution in [3.63, 3.8) is 0 Å². The van der Waals surface area contributed by atoms with Gasteiger partial charge in [0, 0.05) is 31.8 Å². The number of carbonyl (C=O) groups is 1. The molecule has 0 saturated carbocycles.